The molecule has 0 saturated carbocycles. The van der Waals surface area contributed by atoms with Crippen LogP contribution in [-0.4, -0.2) is 33.0 Å². The molecule has 0 rings (SSSR count). The molecule has 0 aliphatic carbocycles. The Morgan fingerprint density at radius 2 is 2.00 bits per heavy atom. The number of rotatable bonds is 4. The summed E-state index contributed by atoms with van der Waals surface area (Å²) < 4.78 is 14.2. The zero-order valence-corrected chi connectivity index (χ0v) is 7.14. The van der Waals surface area contributed by atoms with E-state index in [1.807, 2.05) is 0 Å². The molecule has 5 N–H and O–H groups in total. The van der Waals surface area contributed by atoms with Gasteiger partial charge in [0.05, 0.1) is 6.10 Å². The molecule has 0 radical (unpaired) electrons. The maximum absolute atomic E-state index is 10.2. The molecular formula is C4H10NO6P. The van der Waals surface area contributed by atoms with Crippen molar-refractivity contribution < 1.29 is 28.8 Å². The highest BCUT2D eigenvalue weighted by Crippen LogP contribution is 2.37. The van der Waals surface area contributed by atoms with Gasteiger partial charge in [0.2, 0.25) is 0 Å². The first kappa shape index (κ1) is 11.5. The third-order valence-electron chi connectivity index (χ3n) is 1.09. The molecule has 7 nitrogen and oxygen atoms in total. The van der Waals surface area contributed by atoms with Crippen LogP contribution in [0.2, 0.25) is 0 Å². The molecule has 2 atom stereocenters. The molecule has 12 heavy (non-hydrogen) atoms. The van der Waals surface area contributed by atoms with Crippen molar-refractivity contribution in [3.63, 3.8) is 0 Å². The predicted molar refractivity (Wildman–Crippen MR) is 38.2 cm³/mol. The summed E-state index contributed by atoms with van der Waals surface area (Å²) in [4.78, 5) is 26.7. The molecule has 0 spiro atoms. The Labute approximate surface area is 68.4 Å². The minimum absolute atomic E-state index is 1.16. The summed E-state index contributed by atoms with van der Waals surface area (Å²) in [6.45, 7) is 1.16. The molecule has 0 aliphatic rings. The first-order chi connectivity index (χ1) is 5.24. The molecule has 0 saturated heterocycles. The minimum atomic E-state index is -4.66. The van der Waals surface area contributed by atoms with E-state index in [4.69, 9.17) is 20.6 Å². The van der Waals surface area contributed by atoms with E-state index in [-0.39, 0.29) is 0 Å². The van der Waals surface area contributed by atoms with Gasteiger partial charge < -0.3 is 20.6 Å². The molecule has 72 valence electrons. The van der Waals surface area contributed by atoms with Gasteiger partial charge in [-0.3, -0.25) is 9.32 Å². The van der Waals surface area contributed by atoms with E-state index in [1.54, 1.807) is 0 Å². The van der Waals surface area contributed by atoms with Gasteiger partial charge in [-0.25, -0.2) is 4.57 Å². The average molecular weight is 199 g/mol. The lowest BCUT2D eigenvalue weighted by molar-refractivity contribution is -0.140. The highest BCUT2D eigenvalue weighted by Gasteiger charge is 2.27. The number of carboxylic acid groups (broad SMARTS) is 1. The molecule has 0 bridgehead atoms. The van der Waals surface area contributed by atoms with Crippen LogP contribution < -0.4 is 5.73 Å². The van der Waals surface area contributed by atoms with Crippen LogP contribution in [0.25, 0.3) is 0 Å². The van der Waals surface area contributed by atoms with Crippen molar-refractivity contribution >= 4 is 13.8 Å². The molecule has 0 aromatic carbocycles. The lowest BCUT2D eigenvalue weighted by Crippen LogP contribution is -2.41. The van der Waals surface area contributed by atoms with Crippen LogP contribution in [0.3, 0.4) is 0 Å². The number of nitrogens with two attached hydrogens (primary N) is 1. The lowest BCUT2D eigenvalue weighted by atomic mass is 10.2. The van der Waals surface area contributed by atoms with E-state index < -0.39 is 25.9 Å². The highest BCUT2D eigenvalue weighted by atomic mass is 31.2. The Kier molecular flexibility index (Phi) is 3.82. The quantitative estimate of drug-likeness (QED) is 0.422. The van der Waals surface area contributed by atoms with Gasteiger partial charge in [0.15, 0.2) is 0 Å². The summed E-state index contributed by atoms with van der Waals surface area (Å²) in [5, 5.41) is 8.29. The fourth-order valence-electron chi connectivity index (χ4n) is 0.483. The molecule has 0 aromatic rings. The van der Waals surface area contributed by atoms with E-state index >= 15 is 0 Å². The minimum Gasteiger partial charge on any atom is -0.480 e. The summed E-state index contributed by atoms with van der Waals surface area (Å²) in [6, 6.07) is -1.45. The van der Waals surface area contributed by atoms with E-state index in [1.165, 1.54) is 0 Å². The second-order valence-corrected chi connectivity index (χ2v) is 3.36. The Morgan fingerprint density at radius 3 is 2.25 bits per heavy atom. The Morgan fingerprint density at radius 1 is 1.58 bits per heavy atom. The van der Waals surface area contributed by atoms with Crippen molar-refractivity contribution in [1.82, 2.24) is 0 Å². The second kappa shape index (κ2) is 3.97. The van der Waals surface area contributed by atoms with Crippen molar-refractivity contribution in [1.29, 1.82) is 0 Å². The summed E-state index contributed by atoms with van der Waals surface area (Å²) in [5.74, 6) is -1.38. The standard InChI is InChI=1S/C4H10NO6P/c1-2(3(5)4(6)7)11-12(8,9)10/h2-3H,5H2,1H3,(H,6,7)(H2,8,9,10)/t2-,3?/m1/s1. The van der Waals surface area contributed by atoms with Crippen LogP contribution >= 0.6 is 7.82 Å². The predicted octanol–water partition coefficient (Wildman–Crippen LogP) is -1.10. The molecule has 0 aliphatic heterocycles. The number of hydrogen-bond acceptors (Lipinski definition) is 4. The zero-order chi connectivity index (χ0) is 9.94. The van der Waals surface area contributed by atoms with E-state index in [0.29, 0.717) is 0 Å². The van der Waals surface area contributed by atoms with Crippen molar-refractivity contribution in [3.8, 4) is 0 Å². The van der Waals surface area contributed by atoms with Gasteiger partial charge in [0, 0.05) is 0 Å². The molecule has 0 aromatic heterocycles. The van der Waals surface area contributed by atoms with Crippen LogP contribution in [0.5, 0.6) is 0 Å². The van der Waals surface area contributed by atoms with Gasteiger partial charge in [0.1, 0.15) is 6.04 Å². The van der Waals surface area contributed by atoms with Gasteiger partial charge in [-0.1, -0.05) is 0 Å². The van der Waals surface area contributed by atoms with Gasteiger partial charge in [-0.2, -0.15) is 0 Å². The SMILES string of the molecule is C[C@@H](OP(=O)(O)O)C(N)C(=O)O. The van der Waals surface area contributed by atoms with Gasteiger partial charge in [-0.15, -0.1) is 0 Å². The summed E-state index contributed by atoms with van der Waals surface area (Å²) in [5.41, 5.74) is 5.00. The smallest absolute Gasteiger partial charge is 0.469 e. The number of hydrogen-bond donors (Lipinski definition) is 4. The molecule has 0 heterocycles. The Bertz CT molecular complexity index is 212. The first-order valence-electron chi connectivity index (χ1n) is 2.96. The number of carbonyl (C=O) groups is 1. The third-order valence-corrected chi connectivity index (χ3v) is 1.70. The lowest BCUT2D eigenvalue weighted by Gasteiger charge is -2.16. The fourth-order valence-corrected chi connectivity index (χ4v) is 1.05. The Hall–Kier alpha value is -0.460. The largest absolute Gasteiger partial charge is 0.480 e. The van der Waals surface area contributed by atoms with Crippen molar-refractivity contribution in [3.05, 3.63) is 0 Å². The monoisotopic (exact) mass is 199 g/mol. The summed E-state index contributed by atoms with van der Waals surface area (Å²) in [6.07, 6.45) is -1.23. The van der Waals surface area contributed by atoms with E-state index in [9.17, 15) is 9.36 Å². The maximum Gasteiger partial charge on any atom is 0.469 e. The van der Waals surface area contributed by atoms with Crippen LogP contribution in [0.1, 0.15) is 6.92 Å². The molecule has 0 fully saturated rings. The molecule has 8 heteroatoms. The fraction of sp³-hybridized carbons (Fsp3) is 0.750. The molecule has 1 unspecified atom stereocenters. The number of phosphoric ester groups is 1. The van der Waals surface area contributed by atoms with E-state index in [2.05, 4.69) is 4.52 Å². The van der Waals surface area contributed by atoms with Crippen LogP contribution in [0.4, 0.5) is 0 Å². The topological polar surface area (TPSA) is 130 Å². The van der Waals surface area contributed by atoms with Gasteiger partial charge in [0.25, 0.3) is 0 Å². The highest BCUT2D eigenvalue weighted by molar-refractivity contribution is 7.46. The summed E-state index contributed by atoms with van der Waals surface area (Å²) in [7, 11) is -4.66. The van der Waals surface area contributed by atoms with Crippen LogP contribution in [0.15, 0.2) is 0 Å². The van der Waals surface area contributed by atoms with Crippen LogP contribution in [0, 0.1) is 0 Å². The number of phosphoric acid groups is 1. The normalized spacial score (nSPS) is 17.0. The van der Waals surface area contributed by atoms with E-state index in [0.717, 1.165) is 6.92 Å². The van der Waals surface area contributed by atoms with Crippen molar-refractivity contribution in [2.45, 2.75) is 19.1 Å². The first-order valence-corrected chi connectivity index (χ1v) is 4.49. The van der Waals surface area contributed by atoms with Gasteiger partial charge >= 0.3 is 13.8 Å². The molecular weight excluding hydrogens is 189 g/mol. The van der Waals surface area contributed by atoms with Crippen molar-refractivity contribution in [2.75, 3.05) is 0 Å². The summed E-state index contributed by atoms with van der Waals surface area (Å²) >= 11 is 0. The average Bonchev–Trinajstić information content (AvgIpc) is 1.82. The second-order valence-electron chi connectivity index (χ2n) is 2.17. The van der Waals surface area contributed by atoms with Crippen molar-refractivity contribution in [2.24, 2.45) is 5.73 Å². The van der Waals surface area contributed by atoms with Crippen LogP contribution in [-0.2, 0) is 13.9 Å². The third kappa shape index (κ3) is 4.42. The Balaban J connectivity index is 4.13. The molecule has 0 amide bonds. The van der Waals surface area contributed by atoms with Gasteiger partial charge in [-0.05, 0) is 6.92 Å². The number of carboxylic acids is 1. The number of aliphatic carboxylic acids is 1. The maximum atomic E-state index is 10.2. The zero-order valence-electron chi connectivity index (χ0n) is 6.25.